The zero-order chi connectivity index (χ0) is 28.4. The summed E-state index contributed by atoms with van der Waals surface area (Å²) in [5.74, 6) is 0.943. The number of halogens is 2. The first-order valence-corrected chi connectivity index (χ1v) is 14.7. The zero-order valence-electron chi connectivity index (χ0n) is 21.2. The molecule has 1 amide bonds. The van der Waals surface area contributed by atoms with E-state index in [0.717, 1.165) is 21.2 Å². The number of hydrogen-bond donors (Lipinski definition) is 0. The van der Waals surface area contributed by atoms with Gasteiger partial charge >= 0.3 is 5.97 Å². The van der Waals surface area contributed by atoms with Crippen LogP contribution in [0.1, 0.15) is 20.8 Å². The number of thiophene rings is 1. The minimum absolute atomic E-state index is 0.148. The molecular weight excluding hydrogens is 609 g/mol. The maximum Gasteiger partial charge on any atom is 0.355 e. The third-order valence-electron chi connectivity index (χ3n) is 6.11. The highest BCUT2D eigenvalue weighted by Gasteiger charge is 2.31. The second-order valence-corrected chi connectivity index (χ2v) is 12.2. The quantitative estimate of drug-likeness (QED) is 0.0849. The van der Waals surface area contributed by atoms with Crippen LogP contribution in [-0.2, 0) is 11.2 Å². The van der Waals surface area contributed by atoms with Gasteiger partial charge in [0, 0.05) is 21.7 Å². The number of esters is 1. The van der Waals surface area contributed by atoms with E-state index in [1.54, 1.807) is 67.7 Å². The molecule has 204 valence electrons. The van der Waals surface area contributed by atoms with E-state index in [-0.39, 0.29) is 5.91 Å². The van der Waals surface area contributed by atoms with Gasteiger partial charge in [0.2, 0.25) is 0 Å². The Morgan fingerprint density at radius 2 is 1.75 bits per heavy atom. The molecule has 0 saturated carbocycles. The maximum atomic E-state index is 13.1. The van der Waals surface area contributed by atoms with E-state index in [1.165, 1.54) is 23.1 Å². The molecule has 1 aliphatic rings. The van der Waals surface area contributed by atoms with Gasteiger partial charge in [-0.15, -0.1) is 11.3 Å². The molecule has 0 atom stereocenters. The Morgan fingerprint density at radius 3 is 2.48 bits per heavy atom. The molecule has 0 N–H and O–H groups in total. The summed E-state index contributed by atoms with van der Waals surface area (Å²) in [6, 6.07) is 17.8. The first kappa shape index (κ1) is 28.4. The number of carbonyl (C=O) groups excluding carboxylic acids is 2. The van der Waals surface area contributed by atoms with Gasteiger partial charge in [0.1, 0.15) is 14.9 Å². The van der Waals surface area contributed by atoms with Gasteiger partial charge in [-0.3, -0.25) is 9.69 Å². The van der Waals surface area contributed by atoms with Crippen molar-refractivity contribution < 1.29 is 23.8 Å². The van der Waals surface area contributed by atoms with Crippen molar-refractivity contribution in [2.24, 2.45) is 0 Å². The first-order valence-electron chi connectivity index (χ1n) is 11.9. The van der Waals surface area contributed by atoms with Crippen molar-refractivity contribution in [1.29, 1.82) is 0 Å². The van der Waals surface area contributed by atoms with Gasteiger partial charge in [-0.2, -0.15) is 0 Å². The molecule has 0 unspecified atom stereocenters. The Morgan fingerprint density at radius 1 is 1.00 bits per heavy atom. The second kappa shape index (κ2) is 12.2. The van der Waals surface area contributed by atoms with E-state index in [0.29, 0.717) is 54.4 Å². The summed E-state index contributed by atoms with van der Waals surface area (Å²) in [4.78, 5) is 28.3. The van der Waals surface area contributed by atoms with E-state index in [9.17, 15) is 9.59 Å². The number of hydrogen-bond acceptors (Lipinski definition) is 8. The summed E-state index contributed by atoms with van der Waals surface area (Å²) in [7, 11) is 3.17. The van der Waals surface area contributed by atoms with Crippen LogP contribution in [0.2, 0.25) is 10.0 Å². The number of nitrogens with zero attached hydrogens (tertiary/aromatic N) is 1. The van der Waals surface area contributed by atoms with Gasteiger partial charge in [-0.25, -0.2) is 4.79 Å². The highest BCUT2D eigenvalue weighted by Crippen LogP contribution is 2.38. The lowest BCUT2D eigenvalue weighted by atomic mass is 10.1. The Bertz CT molecular complexity index is 1670. The van der Waals surface area contributed by atoms with Crippen LogP contribution in [0.25, 0.3) is 16.2 Å². The van der Waals surface area contributed by atoms with Gasteiger partial charge in [-0.1, -0.05) is 71.4 Å². The minimum atomic E-state index is -0.551. The molecular formula is C29H21Cl2NO5S3. The first-order chi connectivity index (χ1) is 19.3. The average molecular weight is 631 g/mol. The Balaban J connectivity index is 1.23. The molecule has 1 fully saturated rings. The average Bonchev–Trinajstić information content (AvgIpc) is 3.42. The molecule has 1 aliphatic heterocycles. The molecule has 5 rings (SSSR count). The number of ether oxygens (including phenoxy) is 3. The summed E-state index contributed by atoms with van der Waals surface area (Å²) in [6.45, 7) is 0.443. The lowest BCUT2D eigenvalue weighted by Crippen LogP contribution is -2.30. The third kappa shape index (κ3) is 5.99. The molecule has 0 spiro atoms. The number of thioether (sulfide) groups is 1. The van der Waals surface area contributed by atoms with E-state index < -0.39 is 5.97 Å². The van der Waals surface area contributed by atoms with E-state index in [1.807, 2.05) is 18.2 Å². The second-order valence-electron chi connectivity index (χ2n) is 8.62. The van der Waals surface area contributed by atoms with Gasteiger partial charge < -0.3 is 14.2 Å². The molecule has 0 radical (unpaired) electrons. The standard InChI is InChI=1S/C29H21Cl2NO5S3/c1-35-21-10-5-17(13-22(21)36-2)11-12-32-27(33)24(40-29(32)38)14-16-3-7-19(8-4-16)37-28(34)26-25(31)20-9-6-18(30)15-23(20)39-26/h3-10,13-15H,11-12H2,1-2H3/b24-14-. The highest BCUT2D eigenvalue weighted by molar-refractivity contribution is 8.26. The topological polar surface area (TPSA) is 65.1 Å². The molecule has 0 bridgehead atoms. The van der Waals surface area contributed by atoms with Crippen LogP contribution in [0, 0.1) is 0 Å². The van der Waals surface area contributed by atoms with E-state index in [2.05, 4.69) is 0 Å². The van der Waals surface area contributed by atoms with Crippen LogP contribution in [0.4, 0.5) is 0 Å². The van der Waals surface area contributed by atoms with Crippen molar-refractivity contribution >= 4 is 90.9 Å². The third-order valence-corrected chi connectivity index (χ3v) is 9.36. The van der Waals surface area contributed by atoms with Crippen LogP contribution in [0.3, 0.4) is 0 Å². The van der Waals surface area contributed by atoms with E-state index in [4.69, 9.17) is 49.6 Å². The molecule has 2 heterocycles. The van der Waals surface area contributed by atoms with Crippen molar-refractivity contribution in [2.75, 3.05) is 20.8 Å². The smallest absolute Gasteiger partial charge is 0.355 e. The fraction of sp³-hybridized carbons (Fsp3) is 0.138. The van der Waals surface area contributed by atoms with Crippen molar-refractivity contribution in [2.45, 2.75) is 6.42 Å². The summed E-state index contributed by atoms with van der Waals surface area (Å²) >= 11 is 20.4. The van der Waals surface area contributed by atoms with Crippen LogP contribution >= 0.6 is 58.5 Å². The molecule has 4 aromatic rings. The number of carbonyl (C=O) groups is 2. The summed E-state index contributed by atoms with van der Waals surface area (Å²) in [5, 5.41) is 1.65. The van der Waals surface area contributed by atoms with Gasteiger partial charge in [0.15, 0.2) is 11.5 Å². The molecule has 40 heavy (non-hydrogen) atoms. The van der Waals surface area contributed by atoms with Crippen molar-refractivity contribution in [1.82, 2.24) is 4.90 Å². The fourth-order valence-electron chi connectivity index (χ4n) is 4.08. The van der Waals surface area contributed by atoms with Crippen LogP contribution in [-0.4, -0.2) is 41.9 Å². The summed E-state index contributed by atoms with van der Waals surface area (Å²) < 4.78 is 17.5. The lowest BCUT2D eigenvalue weighted by Gasteiger charge is -2.15. The number of rotatable bonds is 8. The molecule has 6 nitrogen and oxygen atoms in total. The zero-order valence-corrected chi connectivity index (χ0v) is 25.2. The number of benzene rings is 3. The summed E-state index contributed by atoms with van der Waals surface area (Å²) in [6.07, 6.45) is 2.38. The number of methoxy groups -OCH3 is 2. The normalized spacial score (nSPS) is 14.3. The highest BCUT2D eigenvalue weighted by atomic mass is 35.5. The van der Waals surface area contributed by atoms with Gasteiger partial charge in [-0.05, 0) is 60.0 Å². The number of fused-ring (bicyclic) bond motifs is 1. The predicted molar refractivity (Wildman–Crippen MR) is 166 cm³/mol. The van der Waals surface area contributed by atoms with E-state index >= 15 is 0 Å². The monoisotopic (exact) mass is 629 g/mol. The molecule has 0 aliphatic carbocycles. The summed E-state index contributed by atoms with van der Waals surface area (Å²) in [5.41, 5.74) is 1.77. The lowest BCUT2D eigenvalue weighted by molar-refractivity contribution is -0.122. The Hall–Kier alpha value is -3.08. The van der Waals surface area contributed by atoms with Crippen LogP contribution < -0.4 is 14.2 Å². The minimum Gasteiger partial charge on any atom is -0.493 e. The van der Waals surface area contributed by atoms with Crippen molar-refractivity contribution in [3.8, 4) is 17.2 Å². The maximum absolute atomic E-state index is 13.1. The molecule has 3 aromatic carbocycles. The van der Waals surface area contributed by atoms with Crippen molar-refractivity contribution in [3.05, 3.63) is 91.6 Å². The number of thiocarbonyl (C=S) groups is 1. The Labute approximate surface area is 254 Å². The number of amides is 1. The largest absolute Gasteiger partial charge is 0.493 e. The van der Waals surface area contributed by atoms with Crippen LogP contribution in [0.5, 0.6) is 17.2 Å². The predicted octanol–water partition coefficient (Wildman–Crippen LogP) is 7.89. The van der Waals surface area contributed by atoms with Gasteiger partial charge in [0.25, 0.3) is 5.91 Å². The molecule has 11 heteroatoms. The van der Waals surface area contributed by atoms with Crippen LogP contribution in [0.15, 0.2) is 65.6 Å². The molecule has 1 aromatic heterocycles. The SMILES string of the molecule is COc1ccc(CCN2C(=O)/C(=C/c3ccc(OC(=O)c4sc5cc(Cl)ccc5c4Cl)cc3)SC2=S)cc1OC. The van der Waals surface area contributed by atoms with Crippen molar-refractivity contribution in [3.63, 3.8) is 0 Å². The fourth-order valence-corrected chi connectivity index (χ4v) is 7.05. The Kier molecular flexibility index (Phi) is 8.68. The molecule has 1 saturated heterocycles. The van der Waals surface area contributed by atoms with Gasteiger partial charge in [0.05, 0.1) is 24.1 Å².